The van der Waals surface area contributed by atoms with Crippen molar-refractivity contribution in [3.8, 4) is 22.6 Å². The summed E-state index contributed by atoms with van der Waals surface area (Å²) >= 11 is 0. The smallest absolute Gasteiger partial charge is 0.419 e. The van der Waals surface area contributed by atoms with Crippen LogP contribution < -0.4 is 9.47 Å². The Morgan fingerprint density at radius 2 is 1.44 bits per heavy atom. The lowest BCUT2D eigenvalue weighted by molar-refractivity contribution is -0.131. The Balaban J connectivity index is 1.56. The molecule has 0 aliphatic heterocycles. The first-order valence-electron chi connectivity index (χ1n) is 11.2. The molecule has 0 fully saturated rings. The Morgan fingerprint density at radius 1 is 0.861 bits per heavy atom. The minimum Gasteiger partial charge on any atom is -0.487 e. The van der Waals surface area contributed by atoms with Crippen LogP contribution in [0.4, 0.5) is 13.6 Å². The van der Waals surface area contributed by atoms with Crippen molar-refractivity contribution in [2.24, 2.45) is 0 Å². The first-order valence-corrected chi connectivity index (χ1v) is 11.2. The van der Waals surface area contributed by atoms with Crippen LogP contribution in [0.3, 0.4) is 0 Å². The molecular formula is C28H25F2NO5. The van der Waals surface area contributed by atoms with Crippen LogP contribution in [0.15, 0.2) is 66.7 Å². The second-order valence-corrected chi connectivity index (χ2v) is 9.20. The van der Waals surface area contributed by atoms with Crippen molar-refractivity contribution in [3.05, 3.63) is 84.1 Å². The molecule has 4 rings (SSSR count). The van der Waals surface area contributed by atoms with Crippen molar-refractivity contribution >= 4 is 23.0 Å². The van der Waals surface area contributed by atoms with Crippen LogP contribution in [0.2, 0.25) is 0 Å². The lowest BCUT2D eigenvalue weighted by Gasteiger charge is -2.21. The fourth-order valence-electron chi connectivity index (χ4n) is 3.70. The van der Waals surface area contributed by atoms with Crippen LogP contribution in [-0.2, 0) is 16.1 Å². The van der Waals surface area contributed by atoms with Crippen LogP contribution in [0, 0.1) is 11.6 Å². The Labute approximate surface area is 207 Å². The monoisotopic (exact) mass is 493 g/mol. The van der Waals surface area contributed by atoms with Crippen molar-refractivity contribution in [2.75, 3.05) is 0 Å². The van der Waals surface area contributed by atoms with E-state index >= 15 is 0 Å². The zero-order valence-corrected chi connectivity index (χ0v) is 20.3. The van der Waals surface area contributed by atoms with E-state index in [9.17, 15) is 18.4 Å². The standard InChI is InChI=1S/C28H25F2NO5/c1-17(32)35-23-11-7-19(8-12-23)18-5-9-22(10-6-18)34-16-21-15-24-25(30)13-20(29)14-26(24)31(21)27(33)36-28(2,3)4/h5-15H,16H2,1-4H3. The SMILES string of the molecule is CC(=O)Oc1ccc(-c2ccc(OCc3cc4c(F)cc(F)cc4n3C(=O)OC(C)(C)C)cc2)cc1. The van der Waals surface area contributed by atoms with Gasteiger partial charge < -0.3 is 14.2 Å². The molecule has 0 atom stereocenters. The second-order valence-electron chi connectivity index (χ2n) is 9.20. The maximum absolute atomic E-state index is 14.4. The quantitative estimate of drug-likeness (QED) is 0.224. The van der Waals surface area contributed by atoms with Crippen LogP contribution in [0.1, 0.15) is 33.4 Å². The number of carbonyl (C=O) groups excluding carboxylic acids is 2. The number of hydrogen-bond donors (Lipinski definition) is 0. The highest BCUT2D eigenvalue weighted by atomic mass is 19.1. The molecule has 0 unspecified atom stereocenters. The number of halogens is 2. The molecule has 4 aromatic rings. The molecule has 36 heavy (non-hydrogen) atoms. The van der Waals surface area contributed by atoms with E-state index < -0.39 is 23.3 Å². The number of fused-ring (bicyclic) bond motifs is 1. The topological polar surface area (TPSA) is 66.8 Å². The minimum atomic E-state index is -0.802. The van der Waals surface area contributed by atoms with Gasteiger partial charge >= 0.3 is 12.1 Å². The van der Waals surface area contributed by atoms with E-state index in [1.54, 1.807) is 45.0 Å². The molecular weight excluding hydrogens is 468 g/mol. The molecule has 0 saturated carbocycles. The third-order valence-corrected chi connectivity index (χ3v) is 5.18. The van der Waals surface area contributed by atoms with Crippen LogP contribution in [0.25, 0.3) is 22.0 Å². The Morgan fingerprint density at radius 3 is 2.00 bits per heavy atom. The average molecular weight is 494 g/mol. The molecule has 0 spiro atoms. The summed E-state index contributed by atoms with van der Waals surface area (Å²) in [6.07, 6.45) is -0.756. The molecule has 0 amide bonds. The van der Waals surface area contributed by atoms with E-state index in [0.29, 0.717) is 17.2 Å². The largest absolute Gasteiger partial charge is 0.487 e. The molecule has 0 saturated heterocycles. The number of nitrogens with zero attached hydrogens (tertiary/aromatic N) is 1. The summed E-state index contributed by atoms with van der Waals surface area (Å²) < 4.78 is 45.9. The van der Waals surface area contributed by atoms with E-state index in [-0.39, 0.29) is 23.5 Å². The molecule has 8 heteroatoms. The van der Waals surface area contributed by atoms with Crippen LogP contribution >= 0.6 is 0 Å². The molecule has 1 heterocycles. The van der Waals surface area contributed by atoms with E-state index in [0.717, 1.165) is 27.8 Å². The minimum absolute atomic E-state index is 0.0629. The average Bonchev–Trinajstić information content (AvgIpc) is 3.16. The third-order valence-electron chi connectivity index (χ3n) is 5.18. The first-order chi connectivity index (χ1) is 17.0. The maximum atomic E-state index is 14.4. The number of ether oxygens (including phenoxy) is 3. The predicted octanol–water partition coefficient (Wildman–Crippen LogP) is 6.87. The van der Waals surface area contributed by atoms with E-state index in [1.807, 2.05) is 24.3 Å². The molecule has 0 radical (unpaired) electrons. The number of hydrogen-bond acceptors (Lipinski definition) is 5. The van der Waals surface area contributed by atoms with Gasteiger partial charge in [-0.2, -0.15) is 0 Å². The summed E-state index contributed by atoms with van der Waals surface area (Å²) in [5.41, 5.74) is 1.41. The van der Waals surface area contributed by atoms with E-state index in [2.05, 4.69) is 0 Å². The highest BCUT2D eigenvalue weighted by Crippen LogP contribution is 2.28. The van der Waals surface area contributed by atoms with Gasteiger partial charge in [-0.1, -0.05) is 24.3 Å². The Kier molecular flexibility index (Phi) is 6.79. The van der Waals surface area contributed by atoms with Gasteiger partial charge in [-0.3, -0.25) is 4.79 Å². The van der Waals surface area contributed by atoms with Gasteiger partial charge in [0.2, 0.25) is 0 Å². The first kappa shape index (κ1) is 24.9. The predicted molar refractivity (Wildman–Crippen MR) is 131 cm³/mol. The number of rotatable bonds is 5. The number of aromatic nitrogens is 1. The van der Waals surface area contributed by atoms with Crippen LogP contribution in [-0.4, -0.2) is 22.2 Å². The van der Waals surface area contributed by atoms with Gasteiger partial charge in [0.05, 0.1) is 11.2 Å². The van der Waals surface area contributed by atoms with Gasteiger partial charge in [-0.05, 0) is 68.3 Å². The van der Waals surface area contributed by atoms with Crippen molar-refractivity contribution in [1.29, 1.82) is 0 Å². The molecule has 0 aliphatic rings. The molecule has 3 aromatic carbocycles. The third kappa shape index (κ3) is 5.71. The van der Waals surface area contributed by atoms with Gasteiger partial charge in [-0.15, -0.1) is 0 Å². The number of benzene rings is 3. The van der Waals surface area contributed by atoms with Crippen molar-refractivity contribution < 1.29 is 32.6 Å². The normalized spacial score (nSPS) is 11.4. The van der Waals surface area contributed by atoms with Crippen molar-refractivity contribution in [3.63, 3.8) is 0 Å². The zero-order valence-electron chi connectivity index (χ0n) is 20.3. The summed E-state index contributed by atoms with van der Waals surface area (Å²) in [6, 6.07) is 17.6. The Hall–Kier alpha value is -4.20. The van der Waals surface area contributed by atoms with Gasteiger partial charge in [-0.25, -0.2) is 18.1 Å². The van der Waals surface area contributed by atoms with E-state index in [4.69, 9.17) is 14.2 Å². The fourth-order valence-corrected chi connectivity index (χ4v) is 3.70. The molecule has 0 N–H and O–H groups in total. The summed E-state index contributed by atoms with van der Waals surface area (Å²) in [4.78, 5) is 24.0. The zero-order chi connectivity index (χ0) is 26.0. The van der Waals surface area contributed by atoms with E-state index in [1.165, 1.54) is 13.0 Å². The summed E-state index contributed by atoms with van der Waals surface area (Å²) in [5.74, 6) is -0.988. The lowest BCUT2D eigenvalue weighted by Crippen LogP contribution is -2.28. The van der Waals surface area contributed by atoms with Gasteiger partial charge in [0.15, 0.2) is 0 Å². The fraction of sp³-hybridized carbons (Fsp3) is 0.214. The molecule has 1 aromatic heterocycles. The molecule has 6 nitrogen and oxygen atoms in total. The molecule has 0 aliphatic carbocycles. The molecule has 0 bridgehead atoms. The van der Waals surface area contributed by atoms with Gasteiger partial charge in [0.1, 0.15) is 35.3 Å². The summed E-state index contributed by atoms with van der Waals surface area (Å²) in [7, 11) is 0. The lowest BCUT2D eigenvalue weighted by atomic mass is 10.1. The van der Waals surface area contributed by atoms with Gasteiger partial charge in [0.25, 0.3) is 0 Å². The van der Waals surface area contributed by atoms with Gasteiger partial charge in [0, 0.05) is 18.4 Å². The number of esters is 1. The van der Waals surface area contributed by atoms with Crippen LogP contribution in [0.5, 0.6) is 11.5 Å². The van der Waals surface area contributed by atoms with Crippen molar-refractivity contribution in [1.82, 2.24) is 4.57 Å². The maximum Gasteiger partial charge on any atom is 0.419 e. The summed E-state index contributed by atoms with van der Waals surface area (Å²) in [6.45, 7) is 6.39. The van der Waals surface area contributed by atoms with Crippen molar-refractivity contribution in [2.45, 2.75) is 39.9 Å². The second kappa shape index (κ2) is 9.81. The summed E-state index contributed by atoms with van der Waals surface area (Å²) in [5, 5.41) is 0.0911. The highest BCUT2D eigenvalue weighted by molar-refractivity contribution is 5.91. The highest BCUT2D eigenvalue weighted by Gasteiger charge is 2.24. The Bertz CT molecular complexity index is 1420. The molecule has 186 valence electrons. The number of carbonyl (C=O) groups is 2.